The Morgan fingerprint density at radius 3 is 2.25 bits per heavy atom. The summed E-state index contributed by atoms with van der Waals surface area (Å²) < 4.78 is 5.80. The molecule has 1 N–H and O–H groups in total. The number of carbonyl (C=O) groups is 2. The van der Waals surface area contributed by atoms with Crippen molar-refractivity contribution in [3.05, 3.63) is 64.7 Å². The molecule has 0 aliphatic rings. The molecule has 2 aromatic rings. The molecule has 2 rings (SSSR count). The topological polar surface area (TPSA) is 63.6 Å². The van der Waals surface area contributed by atoms with Crippen molar-refractivity contribution in [1.82, 2.24) is 0 Å². The zero-order chi connectivity index (χ0) is 16.8. The first kappa shape index (κ1) is 20.4. The number of rotatable bonds is 7. The van der Waals surface area contributed by atoms with Gasteiger partial charge in [-0.05, 0) is 42.7 Å². The van der Waals surface area contributed by atoms with E-state index in [4.69, 9.17) is 9.84 Å². The van der Waals surface area contributed by atoms with Gasteiger partial charge in [-0.15, -0.1) is 0 Å². The van der Waals surface area contributed by atoms with Crippen LogP contribution in [0.25, 0.3) is 0 Å². The van der Waals surface area contributed by atoms with Crippen molar-refractivity contribution in [3.8, 4) is 5.75 Å². The number of benzene rings is 2. The van der Waals surface area contributed by atoms with Crippen LogP contribution >= 0.6 is 0 Å². The van der Waals surface area contributed by atoms with Crippen LogP contribution in [0.4, 0.5) is 0 Å². The zero-order valence-corrected chi connectivity index (χ0v) is 13.3. The second-order valence-corrected chi connectivity index (χ2v) is 5.50. The summed E-state index contributed by atoms with van der Waals surface area (Å²) in [5, 5.41) is 8.65. The van der Waals surface area contributed by atoms with Crippen molar-refractivity contribution in [2.75, 3.05) is 0 Å². The molecule has 0 unspecified atom stereocenters. The first-order chi connectivity index (χ1) is 11.0. The van der Waals surface area contributed by atoms with Gasteiger partial charge in [0.05, 0.1) is 6.42 Å². The van der Waals surface area contributed by atoms with Crippen LogP contribution in [-0.4, -0.2) is 46.4 Å². The normalized spacial score (nSPS) is 9.92. The van der Waals surface area contributed by atoms with Gasteiger partial charge in [0, 0.05) is 12.0 Å². The van der Waals surface area contributed by atoms with Gasteiger partial charge >= 0.3 is 35.5 Å². The average molecular weight is 336 g/mol. The van der Waals surface area contributed by atoms with Crippen LogP contribution in [0.15, 0.2) is 42.5 Å². The van der Waals surface area contributed by atoms with E-state index in [9.17, 15) is 9.59 Å². The molecule has 0 fully saturated rings. The van der Waals surface area contributed by atoms with Gasteiger partial charge in [-0.3, -0.25) is 9.59 Å². The number of carbonyl (C=O) groups excluding carboxylic acids is 1. The molecule has 4 nitrogen and oxygen atoms in total. The van der Waals surface area contributed by atoms with Crippen molar-refractivity contribution >= 4 is 41.3 Å². The molecule has 0 aromatic heterocycles. The average Bonchev–Trinajstić information content (AvgIpc) is 2.52. The molecular weight excluding hydrogens is 315 g/mol. The minimum atomic E-state index is -0.971. The molecule has 0 saturated carbocycles. The fraction of sp³-hybridized carbons (Fsp3) is 0.263. The van der Waals surface area contributed by atoms with Crippen LogP contribution < -0.4 is 4.74 Å². The van der Waals surface area contributed by atoms with Gasteiger partial charge in [0.15, 0.2) is 5.78 Å². The number of hydrogen-bond donors (Lipinski definition) is 1. The Kier molecular flexibility index (Phi) is 8.19. The predicted molar refractivity (Wildman–Crippen MR) is 95.0 cm³/mol. The Balaban J connectivity index is 0.00000288. The third kappa shape index (κ3) is 5.78. The number of carboxylic acids is 1. The van der Waals surface area contributed by atoms with Crippen molar-refractivity contribution in [2.45, 2.75) is 33.3 Å². The predicted octanol–water partition coefficient (Wildman–Crippen LogP) is 3.28. The Hall–Kier alpha value is -1.62. The molecule has 0 spiro atoms. The molecule has 0 aliphatic carbocycles. The third-order valence-electron chi connectivity index (χ3n) is 3.75. The van der Waals surface area contributed by atoms with Crippen molar-refractivity contribution in [2.24, 2.45) is 0 Å². The molecule has 0 aliphatic heterocycles. The zero-order valence-electron chi connectivity index (χ0n) is 13.3. The number of hydrogen-bond acceptors (Lipinski definition) is 3. The van der Waals surface area contributed by atoms with E-state index in [0.29, 0.717) is 17.9 Å². The standard InChI is InChI=1S/C19H20O4.Na.H/c1-13-5-3-6-14(2)17(13)12-23-16-8-4-7-15(11-16)18(20)9-10-19(21)22;;/h3-8,11H,9-10,12H2,1-2H3,(H,21,22);;. The van der Waals surface area contributed by atoms with Gasteiger partial charge in [0.2, 0.25) is 0 Å². The number of carboxylic acid groups (broad SMARTS) is 1. The number of aliphatic carboxylic acids is 1. The van der Waals surface area contributed by atoms with E-state index in [2.05, 4.69) is 0 Å². The van der Waals surface area contributed by atoms with Crippen molar-refractivity contribution in [1.29, 1.82) is 0 Å². The van der Waals surface area contributed by atoms with Crippen LogP contribution in [0, 0.1) is 13.8 Å². The molecular formula is C19H21NaO4. The maximum absolute atomic E-state index is 12.0. The molecule has 24 heavy (non-hydrogen) atoms. The molecule has 0 bridgehead atoms. The number of Topliss-reactive ketones (excluding diaryl/α,β-unsaturated/α-hetero) is 1. The number of ketones is 1. The van der Waals surface area contributed by atoms with E-state index in [1.165, 1.54) is 11.1 Å². The Morgan fingerprint density at radius 2 is 1.62 bits per heavy atom. The number of ether oxygens (including phenoxy) is 1. The summed E-state index contributed by atoms with van der Waals surface area (Å²) in [5.41, 5.74) is 3.94. The van der Waals surface area contributed by atoms with Crippen molar-refractivity contribution < 1.29 is 19.4 Å². The summed E-state index contributed by atoms with van der Waals surface area (Å²) in [4.78, 5) is 22.5. The second-order valence-electron chi connectivity index (χ2n) is 5.50. The summed E-state index contributed by atoms with van der Waals surface area (Å²) in [7, 11) is 0. The fourth-order valence-electron chi connectivity index (χ4n) is 2.36. The third-order valence-corrected chi connectivity index (χ3v) is 3.75. The molecule has 0 atom stereocenters. The van der Waals surface area contributed by atoms with E-state index < -0.39 is 5.97 Å². The van der Waals surface area contributed by atoms with Crippen LogP contribution in [0.1, 0.15) is 39.9 Å². The van der Waals surface area contributed by atoms with Crippen LogP contribution in [0.2, 0.25) is 0 Å². The van der Waals surface area contributed by atoms with Crippen LogP contribution in [-0.2, 0) is 11.4 Å². The molecule has 0 heterocycles. The molecule has 0 saturated heterocycles. The molecule has 122 valence electrons. The Morgan fingerprint density at radius 1 is 1.00 bits per heavy atom. The van der Waals surface area contributed by atoms with Gasteiger partial charge in [0.1, 0.15) is 12.4 Å². The first-order valence-electron chi connectivity index (χ1n) is 7.50. The van der Waals surface area contributed by atoms with E-state index in [-0.39, 0.29) is 48.2 Å². The van der Waals surface area contributed by atoms with Gasteiger partial charge in [-0.25, -0.2) is 0 Å². The van der Waals surface area contributed by atoms with E-state index in [1.807, 2.05) is 32.0 Å². The summed E-state index contributed by atoms with van der Waals surface area (Å²) in [6.45, 7) is 4.51. The Bertz CT molecular complexity index is 705. The summed E-state index contributed by atoms with van der Waals surface area (Å²) in [5.74, 6) is -0.556. The van der Waals surface area contributed by atoms with E-state index >= 15 is 0 Å². The number of aryl methyl sites for hydroxylation is 2. The minimum absolute atomic E-state index is 0. The second kappa shape index (κ2) is 9.62. The van der Waals surface area contributed by atoms with Gasteiger partial charge < -0.3 is 9.84 Å². The van der Waals surface area contributed by atoms with Crippen LogP contribution in [0.5, 0.6) is 5.75 Å². The summed E-state index contributed by atoms with van der Waals surface area (Å²) >= 11 is 0. The van der Waals surface area contributed by atoms with Crippen molar-refractivity contribution in [3.63, 3.8) is 0 Å². The van der Waals surface area contributed by atoms with E-state index in [1.54, 1.807) is 24.3 Å². The van der Waals surface area contributed by atoms with E-state index in [0.717, 1.165) is 5.56 Å². The Labute approximate surface area is 164 Å². The van der Waals surface area contributed by atoms with Gasteiger partial charge in [0.25, 0.3) is 0 Å². The first-order valence-corrected chi connectivity index (χ1v) is 7.50. The molecule has 0 radical (unpaired) electrons. The molecule has 5 heteroatoms. The monoisotopic (exact) mass is 336 g/mol. The summed E-state index contributed by atoms with van der Waals surface area (Å²) in [6, 6.07) is 13.0. The quantitative estimate of drug-likeness (QED) is 0.622. The SMILES string of the molecule is Cc1cccc(C)c1COc1cccc(C(=O)CCC(=O)O)c1.[NaH]. The molecule has 2 aromatic carbocycles. The summed E-state index contributed by atoms with van der Waals surface area (Å²) in [6.07, 6.45) is -0.165. The van der Waals surface area contributed by atoms with Gasteiger partial charge in [-0.2, -0.15) is 0 Å². The van der Waals surface area contributed by atoms with Crippen LogP contribution in [0.3, 0.4) is 0 Å². The van der Waals surface area contributed by atoms with Gasteiger partial charge in [-0.1, -0.05) is 30.3 Å². The molecule has 0 amide bonds. The maximum atomic E-state index is 12.0. The fourth-order valence-corrected chi connectivity index (χ4v) is 2.36.